The molecule has 21 heavy (non-hydrogen) atoms. The highest BCUT2D eigenvalue weighted by molar-refractivity contribution is 6.35. The van der Waals surface area contributed by atoms with Gasteiger partial charge in [-0.15, -0.1) is 0 Å². The van der Waals surface area contributed by atoms with Crippen molar-refractivity contribution in [3.8, 4) is 0 Å². The Morgan fingerprint density at radius 3 is 2.38 bits per heavy atom. The van der Waals surface area contributed by atoms with Gasteiger partial charge in [-0.25, -0.2) is 0 Å². The number of nitrogens with one attached hydrogen (secondary N) is 1. The van der Waals surface area contributed by atoms with Gasteiger partial charge in [-0.2, -0.15) is 0 Å². The van der Waals surface area contributed by atoms with Gasteiger partial charge in [0.2, 0.25) is 0 Å². The van der Waals surface area contributed by atoms with Crippen LogP contribution in [0.15, 0.2) is 18.2 Å². The van der Waals surface area contributed by atoms with Gasteiger partial charge in [0.25, 0.3) is 0 Å². The molecule has 1 aromatic carbocycles. The Morgan fingerprint density at radius 2 is 1.76 bits per heavy atom. The lowest BCUT2D eigenvalue weighted by Crippen LogP contribution is -2.30. The molecule has 118 valence electrons. The van der Waals surface area contributed by atoms with Crippen LogP contribution in [0.2, 0.25) is 10.0 Å². The standard InChI is InChI=1S/C18H27Cl2N/c1-2-12-21-18(14-8-6-4-3-5-7-9-14)16-11-10-15(19)13-17(16)20/h10-11,13-14,18,21H,2-9,12H2,1H3. The maximum absolute atomic E-state index is 6.47. The molecule has 1 aliphatic rings. The maximum atomic E-state index is 6.47. The predicted molar refractivity (Wildman–Crippen MR) is 93.3 cm³/mol. The van der Waals surface area contributed by atoms with Crippen molar-refractivity contribution in [2.24, 2.45) is 5.92 Å². The fraction of sp³-hybridized carbons (Fsp3) is 0.667. The van der Waals surface area contributed by atoms with E-state index < -0.39 is 0 Å². The molecule has 1 aromatic rings. The van der Waals surface area contributed by atoms with Gasteiger partial charge in [0.1, 0.15) is 0 Å². The first-order valence-corrected chi connectivity index (χ1v) is 9.16. The number of halogens is 2. The van der Waals surface area contributed by atoms with Crippen LogP contribution in [0.5, 0.6) is 0 Å². The second-order valence-electron chi connectivity index (χ2n) is 6.20. The highest BCUT2D eigenvalue weighted by Crippen LogP contribution is 2.36. The summed E-state index contributed by atoms with van der Waals surface area (Å²) in [7, 11) is 0. The van der Waals surface area contributed by atoms with Gasteiger partial charge in [0.05, 0.1) is 0 Å². The van der Waals surface area contributed by atoms with Crippen LogP contribution in [0.1, 0.15) is 69.9 Å². The van der Waals surface area contributed by atoms with Gasteiger partial charge in [-0.1, -0.05) is 68.3 Å². The monoisotopic (exact) mass is 327 g/mol. The zero-order chi connectivity index (χ0) is 15.1. The van der Waals surface area contributed by atoms with Crippen LogP contribution in [-0.4, -0.2) is 6.54 Å². The van der Waals surface area contributed by atoms with E-state index in [1.54, 1.807) is 0 Å². The zero-order valence-electron chi connectivity index (χ0n) is 13.0. The minimum Gasteiger partial charge on any atom is -0.310 e. The molecule has 1 atom stereocenters. The Labute approximate surface area is 139 Å². The Balaban J connectivity index is 2.18. The molecule has 0 heterocycles. The lowest BCUT2D eigenvalue weighted by Gasteiger charge is -2.31. The minimum atomic E-state index is 0.368. The first kappa shape index (κ1) is 17.1. The SMILES string of the molecule is CCCNC(c1ccc(Cl)cc1Cl)C1CCCCCCC1. The van der Waals surface area contributed by atoms with Crippen LogP contribution >= 0.6 is 23.2 Å². The highest BCUT2D eigenvalue weighted by atomic mass is 35.5. The van der Waals surface area contributed by atoms with E-state index >= 15 is 0 Å². The van der Waals surface area contributed by atoms with Crippen molar-refractivity contribution in [2.45, 2.75) is 64.3 Å². The lowest BCUT2D eigenvalue weighted by molar-refractivity contribution is 0.289. The van der Waals surface area contributed by atoms with Crippen LogP contribution in [0.25, 0.3) is 0 Å². The summed E-state index contributed by atoms with van der Waals surface area (Å²) in [6.07, 6.45) is 10.6. The molecule has 0 saturated heterocycles. The summed E-state index contributed by atoms with van der Waals surface area (Å²) in [6.45, 7) is 3.26. The molecule has 0 amide bonds. The molecule has 0 aliphatic heterocycles. The average molecular weight is 328 g/mol. The molecule has 1 saturated carbocycles. The Morgan fingerprint density at radius 1 is 1.10 bits per heavy atom. The van der Waals surface area contributed by atoms with Gasteiger partial charge in [-0.3, -0.25) is 0 Å². The molecule has 1 aliphatic carbocycles. The molecular weight excluding hydrogens is 301 g/mol. The van der Waals surface area contributed by atoms with Crippen LogP contribution in [0.4, 0.5) is 0 Å². The summed E-state index contributed by atoms with van der Waals surface area (Å²) >= 11 is 12.5. The second-order valence-corrected chi connectivity index (χ2v) is 7.05. The summed E-state index contributed by atoms with van der Waals surface area (Å²) in [5, 5.41) is 5.26. The minimum absolute atomic E-state index is 0.368. The Bertz CT molecular complexity index is 425. The molecule has 1 fully saturated rings. The smallest absolute Gasteiger partial charge is 0.0468 e. The summed E-state index contributed by atoms with van der Waals surface area (Å²) in [6, 6.07) is 6.32. The van der Waals surface area contributed by atoms with E-state index in [0.717, 1.165) is 23.0 Å². The first-order valence-electron chi connectivity index (χ1n) is 8.40. The van der Waals surface area contributed by atoms with Crippen molar-refractivity contribution in [1.29, 1.82) is 0 Å². The van der Waals surface area contributed by atoms with Crippen molar-refractivity contribution in [3.63, 3.8) is 0 Å². The molecule has 2 rings (SSSR count). The summed E-state index contributed by atoms with van der Waals surface area (Å²) in [4.78, 5) is 0. The number of rotatable bonds is 5. The fourth-order valence-corrected chi connectivity index (χ4v) is 3.93. The normalized spacial score (nSPS) is 19.0. The average Bonchev–Trinajstić information content (AvgIpc) is 2.42. The van der Waals surface area contributed by atoms with Crippen LogP contribution in [0, 0.1) is 5.92 Å². The molecule has 0 bridgehead atoms. The lowest BCUT2D eigenvalue weighted by atomic mass is 9.82. The Hall–Kier alpha value is -0.240. The number of hydrogen-bond donors (Lipinski definition) is 1. The van der Waals surface area contributed by atoms with E-state index in [-0.39, 0.29) is 0 Å². The van der Waals surface area contributed by atoms with Crippen molar-refractivity contribution in [3.05, 3.63) is 33.8 Å². The third-order valence-electron chi connectivity index (χ3n) is 4.53. The molecule has 1 unspecified atom stereocenters. The quantitative estimate of drug-likeness (QED) is 0.660. The second kappa shape index (κ2) is 9.02. The van der Waals surface area contributed by atoms with Crippen molar-refractivity contribution < 1.29 is 0 Å². The highest BCUT2D eigenvalue weighted by Gasteiger charge is 2.24. The van der Waals surface area contributed by atoms with Crippen LogP contribution in [0.3, 0.4) is 0 Å². The van der Waals surface area contributed by atoms with Crippen LogP contribution in [-0.2, 0) is 0 Å². The molecule has 3 heteroatoms. The fourth-order valence-electron chi connectivity index (χ4n) is 3.41. The summed E-state index contributed by atoms with van der Waals surface area (Å²) in [5.74, 6) is 0.690. The van der Waals surface area contributed by atoms with Crippen molar-refractivity contribution in [2.75, 3.05) is 6.54 Å². The maximum Gasteiger partial charge on any atom is 0.0468 e. The molecule has 0 radical (unpaired) electrons. The summed E-state index contributed by atoms with van der Waals surface area (Å²) in [5.41, 5.74) is 1.22. The van der Waals surface area contributed by atoms with E-state index in [0.29, 0.717) is 12.0 Å². The van der Waals surface area contributed by atoms with Gasteiger partial charge in [0.15, 0.2) is 0 Å². The number of hydrogen-bond acceptors (Lipinski definition) is 1. The molecule has 1 nitrogen and oxygen atoms in total. The predicted octanol–water partition coefficient (Wildman–Crippen LogP) is 6.39. The third-order valence-corrected chi connectivity index (χ3v) is 5.10. The molecule has 0 aromatic heterocycles. The summed E-state index contributed by atoms with van der Waals surface area (Å²) < 4.78 is 0. The Kier molecular flexibility index (Phi) is 7.36. The van der Waals surface area contributed by atoms with Gasteiger partial charge in [-0.05, 0) is 49.4 Å². The van der Waals surface area contributed by atoms with E-state index in [1.807, 2.05) is 12.1 Å². The zero-order valence-corrected chi connectivity index (χ0v) is 14.5. The van der Waals surface area contributed by atoms with Gasteiger partial charge in [0, 0.05) is 16.1 Å². The topological polar surface area (TPSA) is 12.0 Å². The van der Waals surface area contributed by atoms with Crippen molar-refractivity contribution in [1.82, 2.24) is 5.32 Å². The number of benzene rings is 1. The molecule has 0 spiro atoms. The van der Waals surface area contributed by atoms with E-state index in [9.17, 15) is 0 Å². The van der Waals surface area contributed by atoms with E-state index in [4.69, 9.17) is 23.2 Å². The van der Waals surface area contributed by atoms with Crippen molar-refractivity contribution >= 4 is 23.2 Å². The molecular formula is C18H27Cl2N. The molecule has 1 N–H and O–H groups in total. The van der Waals surface area contributed by atoms with E-state index in [1.165, 1.54) is 50.5 Å². The van der Waals surface area contributed by atoms with E-state index in [2.05, 4.69) is 18.3 Å². The largest absolute Gasteiger partial charge is 0.310 e. The first-order chi connectivity index (χ1) is 10.2. The van der Waals surface area contributed by atoms with Gasteiger partial charge < -0.3 is 5.32 Å². The van der Waals surface area contributed by atoms with Gasteiger partial charge >= 0.3 is 0 Å². The van der Waals surface area contributed by atoms with Crippen LogP contribution < -0.4 is 5.32 Å². The third kappa shape index (κ3) is 5.16.